The lowest BCUT2D eigenvalue weighted by molar-refractivity contribution is 1.18. The molecule has 0 bridgehead atoms. The van der Waals surface area contributed by atoms with Crippen molar-refractivity contribution in [3.05, 3.63) is 146 Å². The van der Waals surface area contributed by atoms with Gasteiger partial charge in [0.1, 0.15) is 0 Å². The van der Waals surface area contributed by atoms with Gasteiger partial charge in [-0.2, -0.15) is 0 Å². The van der Waals surface area contributed by atoms with Crippen LogP contribution in [0.5, 0.6) is 0 Å². The monoisotopic (exact) mass is 508 g/mol. The van der Waals surface area contributed by atoms with Gasteiger partial charge in [-0.05, 0) is 76.1 Å². The average Bonchev–Trinajstić information content (AvgIpc) is 3.53. The van der Waals surface area contributed by atoms with E-state index in [0.29, 0.717) is 0 Å². The highest BCUT2D eigenvalue weighted by Gasteiger charge is 2.18. The van der Waals surface area contributed by atoms with Gasteiger partial charge in [0.2, 0.25) is 0 Å². The quantitative estimate of drug-likeness (QED) is 0.220. The lowest BCUT2D eigenvalue weighted by atomic mass is 10.0. The van der Waals surface area contributed by atoms with E-state index in [1.165, 1.54) is 76.5 Å². The first-order chi connectivity index (χ1) is 19.8. The topological polar surface area (TPSA) is 9.86 Å². The molecule has 0 aliphatic heterocycles. The molecule has 7 aromatic carbocycles. The van der Waals surface area contributed by atoms with Gasteiger partial charge in [-0.1, -0.05) is 91.0 Å². The molecule has 2 heteroatoms. The molecule has 0 saturated heterocycles. The van der Waals surface area contributed by atoms with Crippen LogP contribution >= 0.6 is 0 Å². The zero-order valence-corrected chi connectivity index (χ0v) is 21.8. The average molecular weight is 509 g/mol. The number of rotatable bonds is 2. The maximum absolute atomic E-state index is 2.42. The van der Waals surface area contributed by atoms with Crippen molar-refractivity contribution in [2.75, 3.05) is 0 Å². The molecule has 0 unspecified atom stereocenters. The Hall–Kier alpha value is -5.34. The first-order valence-electron chi connectivity index (χ1n) is 13.8. The lowest BCUT2D eigenvalue weighted by Crippen LogP contribution is -1.94. The van der Waals surface area contributed by atoms with E-state index in [4.69, 9.17) is 0 Å². The van der Waals surface area contributed by atoms with Crippen molar-refractivity contribution in [1.29, 1.82) is 0 Å². The molecule has 0 atom stereocenters. The van der Waals surface area contributed by atoms with Gasteiger partial charge >= 0.3 is 0 Å². The molecular weight excluding hydrogens is 484 g/mol. The predicted octanol–water partition coefficient (Wildman–Crippen LogP) is 10.2. The SMILES string of the molecule is c1ccc(-n2c3ccccc3c3cc4c(ccc5c4c4ccccc4n5-c4ccc5ccccc5c4)cc32)cc1. The maximum Gasteiger partial charge on any atom is 0.0547 e. The van der Waals surface area contributed by atoms with Crippen molar-refractivity contribution >= 4 is 65.2 Å². The Labute approximate surface area is 230 Å². The molecule has 9 aromatic rings. The fourth-order valence-corrected chi connectivity index (χ4v) is 6.70. The molecular formula is C38H24N2. The normalized spacial score (nSPS) is 12.0. The summed E-state index contributed by atoms with van der Waals surface area (Å²) < 4.78 is 4.82. The van der Waals surface area contributed by atoms with E-state index >= 15 is 0 Å². The van der Waals surface area contributed by atoms with Crippen LogP contribution in [0.2, 0.25) is 0 Å². The summed E-state index contributed by atoms with van der Waals surface area (Å²) in [6.07, 6.45) is 0. The predicted molar refractivity (Wildman–Crippen MR) is 170 cm³/mol. The van der Waals surface area contributed by atoms with Gasteiger partial charge in [-0.3, -0.25) is 0 Å². The first-order valence-corrected chi connectivity index (χ1v) is 13.8. The van der Waals surface area contributed by atoms with E-state index in [1.807, 2.05) is 0 Å². The molecule has 0 fully saturated rings. The van der Waals surface area contributed by atoms with Crippen molar-refractivity contribution in [3.8, 4) is 11.4 Å². The summed E-state index contributed by atoms with van der Waals surface area (Å²) in [6.45, 7) is 0. The molecule has 0 saturated carbocycles. The minimum absolute atomic E-state index is 1.18. The van der Waals surface area contributed by atoms with Crippen LogP contribution in [-0.4, -0.2) is 9.13 Å². The Morgan fingerprint density at radius 3 is 1.80 bits per heavy atom. The fourth-order valence-electron chi connectivity index (χ4n) is 6.70. The second-order valence-electron chi connectivity index (χ2n) is 10.6. The van der Waals surface area contributed by atoms with Gasteiger partial charge in [-0.15, -0.1) is 0 Å². The number of aromatic nitrogens is 2. The van der Waals surface area contributed by atoms with Crippen molar-refractivity contribution in [2.24, 2.45) is 0 Å². The highest BCUT2D eigenvalue weighted by atomic mass is 15.0. The summed E-state index contributed by atoms with van der Waals surface area (Å²) in [6, 6.07) is 53.0. The smallest absolute Gasteiger partial charge is 0.0547 e. The lowest BCUT2D eigenvalue weighted by Gasteiger charge is -2.10. The molecule has 9 rings (SSSR count). The molecule has 0 aliphatic carbocycles. The molecule has 40 heavy (non-hydrogen) atoms. The van der Waals surface area contributed by atoms with Gasteiger partial charge in [0.15, 0.2) is 0 Å². The number of hydrogen-bond donors (Lipinski definition) is 0. The third kappa shape index (κ3) is 2.93. The van der Waals surface area contributed by atoms with E-state index < -0.39 is 0 Å². The Morgan fingerprint density at radius 1 is 0.300 bits per heavy atom. The second-order valence-corrected chi connectivity index (χ2v) is 10.6. The van der Waals surface area contributed by atoms with Crippen molar-refractivity contribution in [1.82, 2.24) is 9.13 Å². The number of nitrogens with zero attached hydrogens (tertiary/aromatic N) is 2. The van der Waals surface area contributed by atoms with Crippen molar-refractivity contribution in [2.45, 2.75) is 0 Å². The fraction of sp³-hybridized carbons (Fsp3) is 0. The van der Waals surface area contributed by atoms with E-state index in [0.717, 1.165) is 0 Å². The molecule has 2 nitrogen and oxygen atoms in total. The van der Waals surface area contributed by atoms with Crippen LogP contribution < -0.4 is 0 Å². The number of fused-ring (bicyclic) bond motifs is 9. The third-order valence-corrected chi connectivity index (χ3v) is 8.45. The van der Waals surface area contributed by atoms with Gasteiger partial charge < -0.3 is 9.13 Å². The zero-order valence-electron chi connectivity index (χ0n) is 21.8. The van der Waals surface area contributed by atoms with Crippen LogP contribution in [0.3, 0.4) is 0 Å². The molecule has 2 heterocycles. The molecule has 0 N–H and O–H groups in total. The molecule has 2 aromatic heterocycles. The summed E-state index contributed by atoms with van der Waals surface area (Å²) in [4.78, 5) is 0. The number of benzene rings is 7. The minimum atomic E-state index is 1.18. The van der Waals surface area contributed by atoms with Crippen LogP contribution in [0, 0.1) is 0 Å². The van der Waals surface area contributed by atoms with Crippen LogP contribution in [0.1, 0.15) is 0 Å². The summed E-state index contributed by atoms with van der Waals surface area (Å²) in [5.41, 5.74) is 7.29. The molecule has 186 valence electrons. The van der Waals surface area contributed by atoms with E-state index in [2.05, 4.69) is 155 Å². The molecule has 0 radical (unpaired) electrons. The van der Waals surface area contributed by atoms with Crippen molar-refractivity contribution in [3.63, 3.8) is 0 Å². The molecule has 0 aliphatic rings. The minimum Gasteiger partial charge on any atom is -0.309 e. The van der Waals surface area contributed by atoms with Crippen molar-refractivity contribution < 1.29 is 0 Å². The standard InChI is InChI=1S/C38H24N2/c1-2-12-28(13-3-1)39-34-16-8-6-14-30(34)33-24-32-27(23-37(33)39)19-21-36-38(32)31-15-7-9-17-35(31)40(36)29-20-18-25-10-4-5-11-26(25)22-29/h1-24H. The van der Waals surface area contributed by atoms with E-state index in [1.54, 1.807) is 0 Å². The van der Waals surface area contributed by atoms with Crippen LogP contribution in [0.15, 0.2) is 146 Å². The first kappa shape index (κ1) is 21.6. The third-order valence-electron chi connectivity index (χ3n) is 8.45. The van der Waals surface area contributed by atoms with Crippen LogP contribution in [0.25, 0.3) is 76.5 Å². The highest BCUT2D eigenvalue weighted by Crippen LogP contribution is 2.41. The van der Waals surface area contributed by atoms with Crippen LogP contribution in [0.4, 0.5) is 0 Å². The van der Waals surface area contributed by atoms with Gasteiger partial charge in [0.25, 0.3) is 0 Å². The van der Waals surface area contributed by atoms with Gasteiger partial charge in [-0.25, -0.2) is 0 Å². The summed E-state index contributed by atoms with van der Waals surface area (Å²) in [5, 5.41) is 10.2. The Bertz CT molecular complexity index is 2420. The van der Waals surface area contributed by atoms with E-state index in [9.17, 15) is 0 Å². The molecule has 0 spiro atoms. The number of para-hydroxylation sites is 3. The summed E-state index contributed by atoms with van der Waals surface area (Å²) in [5.74, 6) is 0. The summed E-state index contributed by atoms with van der Waals surface area (Å²) in [7, 11) is 0. The maximum atomic E-state index is 2.42. The van der Waals surface area contributed by atoms with Gasteiger partial charge in [0, 0.05) is 32.9 Å². The second kappa shape index (κ2) is 8.08. The van der Waals surface area contributed by atoms with Gasteiger partial charge in [0.05, 0.1) is 22.1 Å². The number of hydrogen-bond acceptors (Lipinski definition) is 0. The largest absolute Gasteiger partial charge is 0.309 e. The molecule has 0 amide bonds. The Balaban J connectivity index is 1.42. The van der Waals surface area contributed by atoms with Crippen LogP contribution in [-0.2, 0) is 0 Å². The highest BCUT2D eigenvalue weighted by molar-refractivity contribution is 6.25. The Kier molecular flexibility index (Phi) is 4.36. The zero-order chi connectivity index (χ0) is 26.2. The summed E-state index contributed by atoms with van der Waals surface area (Å²) >= 11 is 0. The van der Waals surface area contributed by atoms with E-state index in [-0.39, 0.29) is 0 Å². The Morgan fingerprint density at radius 2 is 0.950 bits per heavy atom.